The third kappa shape index (κ3) is 5.67. The van der Waals surface area contributed by atoms with Crippen LogP contribution in [0.25, 0.3) is 0 Å². The van der Waals surface area contributed by atoms with Crippen LogP contribution < -0.4 is 5.32 Å². The van der Waals surface area contributed by atoms with Gasteiger partial charge >= 0.3 is 0 Å². The van der Waals surface area contributed by atoms with E-state index in [0.29, 0.717) is 23.7 Å². The van der Waals surface area contributed by atoms with Gasteiger partial charge in [0.25, 0.3) is 5.91 Å². The van der Waals surface area contributed by atoms with Gasteiger partial charge in [-0.05, 0) is 49.6 Å². The topological polar surface area (TPSA) is 52.7 Å². The summed E-state index contributed by atoms with van der Waals surface area (Å²) < 4.78 is 0. The third-order valence-corrected chi connectivity index (χ3v) is 5.17. The van der Waals surface area contributed by atoms with E-state index in [2.05, 4.69) is 12.2 Å². The minimum atomic E-state index is -0.0881. The fourth-order valence-corrected chi connectivity index (χ4v) is 3.52. The van der Waals surface area contributed by atoms with Crippen LogP contribution in [-0.2, 0) is 11.3 Å². The average molecular weight is 380 g/mol. The van der Waals surface area contributed by atoms with Crippen molar-refractivity contribution in [2.24, 2.45) is 5.92 Å². The molecule has 2 amide bonds. The standard InChI is InChI=1S/C23H29N3O2/c1-18-11-13-26(14-12-18)23(28)20-9-6-10-21(15-20)24-22(27)17-25(2)16-19-7-4-3-5-8-19/h3-10,15,18H,11-14,16-17H2,1-2H3,(H,24,27). The van der Waals surface area contributed by atoms with Gasteiger partial charge in [0.05, 0.1) is 6.54 Å². The number of rotatable bonds is 6. The maximum absolute atomic E-state index is 12.7. The summed E-state index contributed by atoms with van der Waals surface area (Å²) in [5, 5.41) is 2.91. The molecule has 0 unspecified atom stereocenters. The Morgan fingerprint density at radius 3 is 2.50 bits per heavy atom. The largest absolute Gasteiger partial charge is 0.339 e. The van der Waals surface area contributed by atoms with Crippen molar-refractivity contribution in [3.63, 3.8) is 0 Å². The number of nitrogens with one attached hydrogen (secondary N) is 1. The summed E-state index contributed by atoms with van der Waals surface area (Å²) in [7, 11) is 1.92. The highest BCUT2D eigenvalue weighted by Gasteiger charge is 2.21. The van der Waals surface area contributed by atoms with Crippen molar-refractivity contribution in [3.8, 4) is 0 Å². The summed E-state index contributed by atoms with van der Waals surface area (Å²) in [6.07, 6.45) is 2.10. The molecule has 5 heteroatoms. The predicted octanol–water partition coefficient (Wildman–Crippen LogP) is 3.63. The Morgan fingerprint density at radius 1 is 1.07 bits per heavy atom. The molecule has 1 saturated heterocycles. The summed E-state index contributed by atoms with van der Waals surface area (Å²) in [4.78, 5) is 29.0. The van der Waals surface area contributed by atoms with Crippen LogP contribution in [0.5, 0.6) is 0 Å². The quantitative estimate of drug-likeness (QED) is 0.834. The fourth-order valence-electron chi connectivity index (χ4n) is 3.52. The minimum Gasteiger partial charge on any atom is -0.339 e. The first-order valence-electron chi connectivity index (χ1n) is 9.93. The van der Waals surface area contributed by atoms with Crippen LogP contribution in [0.15, 0.2) is 54.6 Å². The lowest BCUT2D eigenvalue weighted by Crippen LogP contribution is -2.37. The van der Waals surface area contributed by atoms with E-state index in [9.17, 15) is 9.59 Å². The molecule has 148 valence electrons. The van der Waals surface area contributed by atoms with E-state index >= 15 is 0 Å². The van der Waals surface area contributed by atoms with Crippen molar-refractivity contribution in [2.45, 2.75) is 26.3 Å². The Hall–Kier alpha value is -2.66. The number of anilines is 1. The molecule has 0 radical (unpaired) electrons. The molecule has 0 spiro atoms. The molecule has 5 nitrogen and oxygen atoms in total. The molecular weight excluding hydrogens is 350 g/mol. The van der Waals surface area contributed by atoms with Gasteiger partial charge in [-0.25, -0.2) is 0 Å². The van der Waals surface area contributed by atoms with Crippen LogP contribution in [0.1, 0.15) is 35.7 Å². The molecule has 0 atom stereocenters. The number of piperidine rings is 1. The van der Waals surface area contributed by atoms with E-state index < -0.39 is 0 Å². The van der Waals surface area contributed by atoms with E-state index in [4.69, 9.17) is 0 Å². The van der Waals surface area contributed by atoms with Gasteiger partial charge in [-0.1, -0.05) is 43.3 Å². The van der Waals surface area contributed by atoms with E-state index in [0.717, 1.165) is 25.9 Å². The number of amides is 2. The molecule has 0 aliphatic carbocycles. The van der Waals surface area contributed by atoms with Gasteiger partial charge in [-0.3, -0.25) is 14.5 Å². The molecule has 0 saturated carbocycles. The summed E-state index contributed by atoms with van der Waals surface area (Å²) in [6, 6.07) is 17.3. The minimum absolute atomic E-state index is 0.0456. The smallest absolute Gasteiger partial charge is 0.253 e. The van der Waals surface area contributed by atoms with E-state index in [-0.39, 0.29) is 18.4 Å². The first kappa shape index (κ1) is 20.1. The van der Waals surface area contributed by atoms with E-state index in [1.54, 1.807) is 6.07 Å². The van der Waals surface area contributed by atoms with Crippen LogP contribution in [0, 0.1) is 5.92 Å². The number of hydrogen-bond acceptors (Lipinski definition) is 3. The molecule has 3 rings (SSSR count). The normalized spacial score (nSPS) is 14.9. The molecule has 1 fully saturated rings. The summed E-state index contributed by atoms with van der Waals surface area (Å²) in [6.45, 7) is 4.84. The Balaban J connectivity index is 1.55. The lowest BCUT2D eigenvalue weighted by Gasteiger charge is -2.30. The van der Waals surface area contributed by atoms with Crippen molar-refractivity contribution in [1.82, 2.24) is 9.80 Å². The molecular formula is C23H29N3O2. The van der Waals surface area contributed by atoms with Crippen molar-refractivity contribution >= 4 is 17.5 Å². The highest BCUT2D eigenvalue weighted by atomic mass is 16.2. The zero-order valence-corrected chi connectivity index (χ0v) is 16.7. The molecule has 2 aromatic rings. The van der Waals surface area contributed by atoms with Crippen molar-refractivity contribution in [1.29, 1.82) is 0 Å². The number of nitrogens with zero attached hydrogens (tertiary/aromatic N) is 2. The lowest BCUT2D eigenvalue weighted by molar-refractivity contribution is -0.117. The number of benzene rings is 2. The van der Waals surface area contributed by atoms with Crippen molar-refractivity contribution in [3.05, 3.63) is 65.7 Å². The number of hydrogen-bond donors (Lipinski definition) is 1. The molecule has 1 aliphatic heterocycles. The Labute approximate surface area is 167 Å². The highest BCUT2D eigenvalue weighted by molar-refractivity contribution is 5.97. The second-order valence-electron chi connectivity index (χ2n) is 7.76. The fraction of sp³-hybridized carbons (Fsp3) is 0.391. The molecule has 1 heterocycles. The van der Waals surface area contributed by atoms with Gasteiger partial charge in [0.1, 0.15) is 0 Å². The van der Waals surface area contributed by atoms with Crippen LogP contribution in [0.4, 0.5) is 5.69 Å². The first-order valence-corrected chi connectivity index (χ1v) is 9.93. The van der Waals surface area contributed by atoms with E-state index in [1.165, 1.54) is 5.56 Å². The molecule has 1 N–H and O–H groups in total. The second-order valence-corrected chi connectivity index (χ2v) is 7.76. The van der Waals surface area contributed by atoms with Gasteiger partial charge in [0, 0.05) is 30.9 Å². The van der Waals surface area contributed by atoms with Crippen LogP contribution in [0.2, 0.25) is 0 Å². The number of likely N-dealkylation sites (tertiary alicyclic amines) is 1. The molecule has 2 aromatic carbocycles. The number of likely N-dealkylation sites (N-methyl/N-ethyl adjacent to an activating group) is 1. The monoisotopic (exact) mass is 379 g/mol. The zero-order chi connectivity index (χ0) is 19.9. The van der Waals surface area contributed by atoms with Crippen LogP contribution in [0.3, 0.4) is 0 Å². The third-order valence-electron chi connectivity index (χ3n) is 5.17. The maximum atomic E-state index is 12.7. The average Bonchev–Trinajstić information content (AvgIpc) is 2.69. The van der Waals surface area contributed by atoms with Gasteiger partial charge < -0.3 is 10.2 Å². The van der Waals surface area contributed by atoms with Gasteiger partial charge in [-0.2, -0.15) is 0 Å². The van der Waals surface area contributed by atoms with Crippen molar-refractivity contribution in [2.75, 3.05) is 32.0 Å². The van der Waals surface area contributed by atoms with Crippen LogP contribution in [-0.4, -0.2) is 48.3 Å². The second kappa shape index (κ2) is 9.51. The first-order chi connectivity index (χ1) is 13.5. The highest BCUT2D eigenvalue weighted by Crippen LogP contribution is 2.19. The van der Waals surface area contributed by atoms with Gasteiger partial charge in [-0.15, -0.1) is 0 Å². The predicted molar refractivity (Wildman–Crippen MR) is 112 cm³/mol. The summed E-state index contributed by atoms with van der Waals surface area (Å²) >= 11 is 0. The summed E-state index contributed by atoms with van der Waals surface area (Å²) in [5.41, 5.74) is 2.46. The lowest BCUT2D eigenvalue weighted by atomic mass is 9.98. The van der Waals surface area contributed by atoms with E-state index in [1.807, 2.05) is 65.4 Å². The van der Waals surface area contributed by atoms with Crippen molar-refractivity contribution < 1.29 is 9.59 Å². The number of carbonyl (C=O) groups is 2. The number of carbonyl (C=O) groups excluding carboxylic acids is 2. The Morgan fingerprint density at radius 2 is 1.79 bits per heavy atom. The SMILES string of the molecule is CC1CCN(C(=O)c2cccc(NC(=O)CN(C)Cc3ccccc3)c2)CC1. The Bertz CT molecular complexity index is 799. The molecule has 0 aromatic heterocycles. The van der Waals surface area contributed by atoms with Crippen LogP contribution >= 0.6 is 0 Å². The molecule has 1 aliphatic rings. The zero-order valence-electron chi connectivity index (χ0n) is 16.7. The maximum Gasteiger partial charge on any atom is 0.253 e. The summed E-state index contributed by atoms with van der Waals surface area (Å²) in [5.74, 6) is 0.640. The molecule has 28 heavy (non-hydrogen) atoms. The van der Waals surface area contributed by atoms with Gasteiger partial charge in [0.2, 0.25) is 5.91 Å². The van der Waals surface area contributed by atoms with Gasteiger partial charge in [0.15, 0.2) is 0 Å². The molecule has 0 bridgehead atoms. The Kier molecular flexibility index (Phi) is 6.82.